The zero-order valence-corrected chi connectivity index (χ0v) is 4.52. The van der Waals surface area contributed by atoms with E-state index in [1.54, 1.807) is 0 Å². The molecule has 0 aliphatic carbocycles. The highest BCUT2D eigenvalue weighted by molar-refractivity contribution is 4.70. The van der Waals surface area contributed by atoms with Gasteiger partial charge in [0.15, 0.2) is 0 Å². The molecule has 0 aromatic heterocycles. The predicted octanol–water partition coefficient (Wildman–Crippen LogP) is 1.30. The van der Waals surface area contributed by atoms with Gasteiger partial charge in [0.05, 0.1) is 0 Å². The van der Waals surface area contributed by atoms with Crippen molar-refractivity contribution in [3.8, 4) is 0 Å². The molecule has 0 amide bonds. The van der Waals surface area contributed by atoms with Crippen molar-refractivity contribution in [2.45, 2.75) is 20.0 Å². The highest BCUT2D eigenvalue weighted by atomic mass is 19.1. The third-order valence-electron chi connectivity index (χ3n) is 1.33. The maximum absolute atomic E-state index is 12.1. The minimum atomic E-state index is -0.551. The Bertz CT molecular complexity index is 57.5. The molecular weight excluding hydrogens is 105 g/mol. The SMILES string of the molecule is C.CN1CC[C@H](F)C1. The summed E-state index contributed by atoms with van der Waals surface area (Å²) < 4.78 is 12.1. The zero-order chi connectivity index (χ0) is 5.28. The van der Waals surface area contributed by atoms with Crippen LogP contribution in [0.25, 0.3) is 0 Å². The van der Waals surface area contributed by atoms with Crippen LogP contribution in [-0.2, 0) is 0 Å². The van der Waals surface area contributed by atoms with Gasteiger partial charge in [0.1, 0.15) is 6.17 Å². The van der Waals surface area contributed by atoms with Crippen molar-refractivity contribution >= 4 is 0 Å². The van der Waals surface area contributed by atoms with Gasteiger partial charge >= 0.3 is 0 Å². The Morgan fingerprint density at radius 2 is 2.25 bits per heavy atom. The van der Waals surface area contributed by atoms with Gasteiger partial charge in [-0.25, -0.2) is 4.39 Å². The highest BCUT2D eigenvalue weighted by Crippen LogP contribution is 2.08. The number of hydrogen-bond acceptors (Lipinski definition) is 1. The summed E-state index contributed by atoms with van der Waals surface area (Å²) in [6, 6.07) is 0. The number of halogens is 1. The van der Waals surface area contributed by atoms with Crippen LogP contribution in [-0.4, -0.2) is 31.2 Å². The Hall–Kier alpha value is -0.110. The number of hydrogen-bond donors (Lipinski definition) is 0. The fourth-order valence-corrected chi connectivity index (χ4v) is 0.881. The topological polar surface area (TPSA) is 3.24 Å². The molecule has 0 unspecified atom stereocenters. The van der Waals surface area contributed by atoms with E-state index in [1.165, 1.54) is 0 Å². The first-order valence-electron chi connectivity index (χ1n) is 2.61. The average molecular weight is 119 g/mol. The first kappa shape index (κ1) is 7.89. The van der Waals surface area contributed by atoms with Crippen LogP contribution in [0.15, 0.2) is 0 Å². The van der Waals surface area contributed by atoms with Gasteiger partial charge in [-0.3, -0.25) is 0 Å². The maximum Gasteiger partial charge on any atom is 0.114 e. The molecule has 0 aromatic carbocycles. The molecule has 0 saturated carbocycles. The van der Waals surface area contributed by atoms with E-state index in [2.05, 4.69) is 0 Å². The molecule has 50 valence electrons. The second-order valence-corrected chi connectivity index (χ2v) is 2.15. The average Bonchev–Trinajstić information content (AvgIpc) is 1.87. The zero-order valence-electron chi connectivity index (χ0n) is 4.52. The van der Waals surface area contributed by atoms with Crippen LogP contribution in [0.1, 0.15) is 13.8 Å². The van der Waals surface area contributed by atoms with Crippen molar-refractivity contribution in [2.75, 3.05) is 20.1 Å². The Morgan fingerprint density at radius 3 is 2.38 bits per heavy atom. The molecule has 8 heavy (non-hydrogen) atoms. The minimum Gasteiger partial charge on any atom is -0.303 e. The van der Waals surface area contributed by atoms with Gasteiger partial charge in [-0.05, 0) is 13.5 Å². The molecule has 1 heterocycles. The second-order valence-electron chi connectivity index (χ2n) is 2.15. The molecule has 0 radical (unpaired) electrons. The Balaban J connectivity index is 0.000000490. The molecule has 0 N–H and O–H groups in total. The van der Waals surface area contributed by atoms with Gasteiger partial charge in [-0.2, -0.15) is 0 Å². The minimum absolute atomic E-state index is 0. The van der Waals surface area contributed by atoms with E-state index in [9.17, 15) is 4.39 Å². The van der Waals surface area contributed by atoms with Gasteiger partial charge in [0, 0.05) is 13.1 Å². The van der Waals surface area contributed by atoms with Crippen LogP contribution in [0.3, 0.4) is 0 Å². The molecule has 0 bridgehead atoms. The Kier molecular flexibility index (Phi) is 2.98. The fourth-order valence-electron chi connectivity index (χ4n) is 0.881. The number of alkyl halides is 1. The van der Waals surface area contributed by atoms with Crippen LogP contribution in [0, 0.1) is 0 Å². The fraction of sp³-hybridized carbons (Fsp3) is 1.00. The molecule has 1 saturated heterocycles. The first-order chi connectivity index (χ1) is 3.29. The maximum atomic E-state index is 12.1. The lowest BCUT2D eigenvalue weighted by molar-refractivity contribution is 0.321. The largest absolute Gasteiger partial charge is 0.303 e. The van der Waals surface area contributed by atoms with E-state index in [4.69, 9.17) is 0 Å². The van der Waals surface area contributed by atoms with E-state index in [1.807, 2.05) is 11.9 Å². The molecule has 1 atom stereocenters. The van der Waals surface area contributed by atoms with Crippen LogP contribution < -0.4 is 0 Å². The van der Waals surface area contributed by atoms with Crippen molar-refractivity contribution in [1.82, 2.24) is 4.90 Å². The molecule has 1 nitrogen and oxygen atoms in total. The van der Waals surface area contributed by atoms with Gasteiger partial charge in [0.2, 0.25) is 0 Å². The Labute approximate surface area is 50.5 Å². The van der Waals surface area contributed by atoms with Crippen molar-refractivity contribution in [2.24, 2.45) is 0 Å². The second kappa shape index (κ2) is 3.02. The van der Waals surface area contributed by atoms with Crippen LogP contribution in [0.2, 0.25) is 0 Å². The molecule has 1 rings (SSSR count). The molecule has 0 spiro atoms. The standard InChI is InChI=1S/C5H10FN.CH4/c1-7-3-2-5(6)4-7;/h5H,2-4H2,1H3;1H4/t5-;/m0./s1. The lowest BCUT2D eigenvalue weighted by Crippen LogP contribution is -2.13. The molecule has 1 fully saturated rings. The van der Waals surface area contributed by atoms with Crippen LogP contribution in [0.5, 0.6) is 0 Å². The molecular formula is C6H14FN. The lowest BCUT2D eigenvalue weighted by atomic mass is 10.4. The third-order valence-corrected chi connectivity index (χ3v) is 1.33. The van der Waals surface area contributed by atoms with Crippen molar-refractivity contribution in [1.29, 1.82) is 0 Å². The van der Waals surface area contributed by atoms with Crippen LogP contribution in [0.4, 0.5) is 4.39 Å². The normalized spacial score (nSPS) is 30.0. The van der Waals surface area contributed by atoms with E-state index in [-0.39, 0.29) is 7.43 Å². The summed E-state index contributed by atoms with van der Waals surface area (Å²) in [6.45, 7) is 1.57. The summed E-state index contributed by atoms with van der Waals surface area (Å²) in [5.74, 6) is 0. The van der Waals surface area contributed by atoms with Crippen molar-refractivity contribution < 1.29 is 4.39 Å². The van der Waals surface area contributed by atoms with Gasteiger partial charge in [0.25, 0.3) is 0 Å². The molecule has 2 heteroatoms. The number of likely N-dealkylation sites (tertiary alicyclic amines) is 1. The van der Waals surface area contributed by atoms with Gasteiger partial charge in [-0.1, -0.05) is 7.43 Å². The highest BCUT2D eigenvalue weighted by Gasteiger charge is 2.17. The van der Waals surface area contributed by atoms with Gasteiger partial charge < -0.3 is 4.90 Å². The predicted molar refractivity (Wildman–Crippen MR) is 33.7 cm³/mol. The van der Waals surface area contributed by atoms with Crippen molar-refractivity contribution in [3.05, 3.63) is 0 Å². The summed E-state index contributed by atoms with van der Waals surface area (Å²) in [4.78, 5) is 2.00. The third kappa shape index (κ3) is 1.78. The summed E-state index contributed by atoms with van der Waals surface area (Å²) in [7, 11) is 1.94. The quantitative estimate of drug-likeness (QED) is 0.464. The lowest BCUT2D eigenvalue weighted by Gasteiger charge is -2.01. The monoisotopic (exact) mass is 119 g/mol. The van der Waals surface area contributed by atoms with Gasteiger partial charge in [-0.15, -0.1) is 0 Å². The molecule has 0 aromatic rings. The van der Waals surface area contributed by atoms with E-state index in [0.717, 1.165) is 13.0 Å². The molecule has 1 aliphatic rings. The smallest absolute Gasteiger partial charge is 0.114 e. The molecule has 1 aliphatic heterocycles. The summed E-state index contributed by atoms with van der Waals surface area (Å²) >= 11 is 0. The summed E-state index contributed by atoms with van der Waals surface area (Å²) in [5, 5.41) is 0. The van der Waals surface area contributed by atoms with Crippen molar-refractivity contribution in [3.63, 3.8) is 0 Å². The Morgan fingerprint density at radius 1 is 1.62 bits per heavy atom. The number of nitrogens with zero attached hydrogens (tertiary/aromatic N) is 1. The summed E-state index contributed by atoms with van der Waals surface area (Å²) in [6.07, 6.45) is 0.182. The summed E-state index contributed by atoms with van der Waals surface area (Å²) in [5.41, 5.74) is 0. The van der Waals surface area contributed by atoms with Crippen LogP contribution >= 0.6 is 0 Å². The first-order valence-corrected chi connectivity index (χ1v) is 2.61. The number of rotatable bonds is 0. The van der Waals surface area contributed by atoms with E-state index in [0.29, 0.717) is 6.54 Å². The van der Waals surface area contributed by atoms with E-state index < -0.39 is 6.17 Å². The van der Waals surface area contributed by atoms with E-state index >= 15 is 0 Å².